The molecule has 2 heterocycles. The van der Waals surface area contributed by atoms with E-state index in [1.807, 2.05) is 0 Å². The highest BCUT2D eigenvalue weighted by Gasteiger charge is 2.54. The zero-order chi connectivity index (χ0) is 20.1. The third-order valence-corrected chi connectivity index (χ3v) is 5.14. The molecule has 4 rings (SSSR count). The summed E-state index contributed by atoms with van der Waals surface area (Å²) in [6.07, 6.45) is 3.68. The van der Waals surface area contributed by atoms with Crippen LogP contribution in [0.15, 0.2) is 22.2 Å². The van der Waals surface area contributed by atoms with Crippen molar-refractivity contribution in [2.45, 2.75) is 44.1 Å². The molecule has 2 aromatic heterocycles. The molecule has 0 aliphatic heterocycles. The van der Waals surface area contributed by atoms with Crippen LogP contribution in [0.2, 0.25) is 0 Å². The minimum absolute atomic E-state index is 0.0325. The van der Waals surface area contributed by atoms with Crippen molar-refractivity contribution < 1.29 is 18.7 Å². The number of nitrogens with zero attached hydrogens (tertiary/aromatic N) is 5. The molecule has 28 heavy (non-hydrogen) atoms. The second-order valence-electron chi connectivity index (χ2n) is 7.00. The van der Waals surface area contributed by atoms with Crippen molar-refractivity contribution in [1.82, 2.24) is 9.55 Å². The zero-order valence-corrected chi connectivity index (χ0v) is 15.0. The molecule has 0 N–H and O–H groups in total. The third-order valence-electron chi connectivity index (χ3n) is 5.14. The van der Waals surface area contributed by atoms with Gasteiger partial charge in [-0.25, -0.2) is 14.2 Å². The molecule has 0 spiro atoms. The van der Waals surface area contributed by atoms with E-state index >= 15 is 0 Å². The number of azide groups is 1. The van der Waals surface area contributed by atoms with E-state index in [-0.39, 0.29) is 34.9 Å². The zero-order valence-electron chi connectivity index (χ0n) is 15.0. The first kappa shape index (κ1) is 18.1. The SMILES string of the molecule is CCOC(=O)c1cn(C2CC2)c2nc(C3(C(=O)N=[N+]=[N-])CC3)c(F)cc2c1=O. The molecule has 0 bridgehead atoms. The van der Waals surface area contributed by atoms with Crippen LogP contribution in [0.4, 0.5) is 4.39 Å². The number of rotatable bonds is 5. The number of ether oxygens (including phenoxy) is 1. The van der Waals surface area contributed by atoms with Gasteiger partial charge in [0.25, 0.3) is 0 Å². The third kappa shape index (κ3) is 2.73. The molecule has 2 aliphatic rings. The summed E-state index contributed by atoms with van der Waals surface area (Å²) in [4.78, 5) is 43.9. The topological polar surface area (TPSA) is 127 Å². The van der Waals surface area contributed by atoms with Gasteiger partial charge in [-0.2, -0.15) is 0 Å². The average Bonchev–Trinajstić information content (AvgIpc) is 3.55. The number of halogens is 1. The van der Waals surface area contributed by atoms with Gasteiger partial charge in [-0.05, 0) is 49.3 Å². The molecule has 144 valence electrons. The van der Waals surface area contributed by atoms with Crippen molar-refractivity contribution in [3.8, 4) is 0 Å². The smallest absolute Gasteiger partial charge is 0.343 e. The molecule has 2 aliphatic carbocycles. The summed E-state index contributed by atoms with van der Waals surface area (Å²) >= 11 is 0. The number of carbonyl (C=O) groups is 2. The van der Waals surface area contributed by atoms with E-state index in [1.54, 1.807) is 11.5 Å². The van der Waals surface area contributed by atoms with Crippen LogP contribution < -0.4 is 5.43 Å². The maximum absolute atomic E-state index is 14.9. The van der Waals surface area contributed by atoms with E-state index in [0.29, 0.717) is 12.8 Å². The number of aromatic nitrogens is 2. The van der Waals surface area contributed by atoms with Crippen LogP contribution in [0.25, 0.3) is 21.5 Å². The molecule has 2 aromatic rings. The molecular weight excluding hydrogens is 369 g/mol. The normalized spacial score (nSPS) is 17.1. The highest BCUT2D eigenvalue weighted by atomic mass is 19.1. The molecule has 0 atom stereocenters. The molecule has 0 radical (unpaired) electrons. The van der Waals surface area contributed by atoms with E-state index in [4.69, 9.17) is 10.3 Å². The maximum atomic E-state index is 14.9. The van der Waals surface area contributed by atoms with Crippen molar-refractivity contribution in [3.05, 3.63) is 50.0 Å². The number of pyridine rings is 2. The van der Waals surface area contributed by atoms with Gasteiger partial charge >= 0.3 is 5.97 Å². The molecule has 0 unspecified atom stereocenters. The summed E-state index contributed by atoms with van der Waals surface area (Å²) < 4.78 is 21.4. The van der Waals surface area contributed by atoms with Crippen LogP contribution in [-0.2, 0) is 14.9 Å². The van der Waals surface area contributed by atoms with Gasteiger partial charge in [0.15, 0.2) is 0 Å². The molecule has 9 nitrogen and oxygen atoms in total. The summed E-state index contributed by atoms with van der Waals surface area (Å²) in [5.74, 6) is -2.40. The van der Waals surface area contributed by atoms with Crippen LogP contribution in [0.5, 0.6) is 0 Å². The summed E-state index contributed by atoms with van der Waals surface area (Å²) in [5, 5.41) is 3.06. The summed E-state index contributed by atoms with van der Waals surface area (Å²) in [5.41, 5.74) is 6.48. The fraction of sp³-hybridized carbons (Fsp3) is 0.444. The van der Waals surface area contributed by atoms with Gasteiger partial charge in [0, 0.05) is 17.2 Å². The summed E-state index contributed by atoms with van der Waals surface area (Å²) in [7, 11) is 0. The Morgan fingerprint density at radius 3 is 2.75 bits per heavy atom. The van der Waals surface area contributed by atoms with E-state index < -0.39 is 28.5 Å². The Balaban J connectivity index is 1.95. The lowest BCUT2D eigenvalue weighted by atomic mass is 9.99. The Bertz CT molecular complexity index is 1130. The maximum Gasteiger partial charge on any atom is 0.343 e. The summed E-state index contributed by atoms with van der Waals surface area (Å²) in [6, 6.07) is 1.04. The van der Waals surface area contributed by atoms with Gasteiger partial charge in [0.05, 0.1) is 23.1 Å². The van der Waals surface area contributed by atoms with Crippen LogP contribution in [0.1, 0.15) is 54.7 Å². The van der Waals surface area contributed by atoms with Crippen LogP contribution in [-0.4, -0.2) is 28.0 Å². The Kier molecular flexibility index (Phi) is 4.15. The fourth-order valence-corrected chi connectivity index (χ4v) is 3.38. The first-order valence-corrected chi connectivity index (χ1v) is 8.95. The van der Waals surface area contributed by atoms with E-state index in [1.165, 1.54) is 6.20 Å². The molecule has 0 aromatic carbocycles. The highest BCUT2D eigenvalue weighted by molar-refractivity contribution is 5.94. The summed E-state index contributed by atoms with van der Waals surface area (Å²) in [6.45, 7) is 1.73. The minimum Gasteiger partial charge on any atom is -0.462 e. The quantitative estimate of drug-likeness (QED) is 0.338. The Hall–Kier alpha value is -3.26. The largest absolute Gasteiger partial charge is 0.462 e. The van der Waals surface area contributed by atoms with Crippen LogP contribution in [0, 0.1) is 5.82 Å². The van der Waals surface area contributed by atoms with Gasteiger partial charge in [-0.15, -0.1) is 0 Å². The first-order chi connectivity index (χ1) is 13.4. The van der Waals surface area contributed by atoms with Crippen molar-refractivity contribution >= 4 is 22.9 Å². The van der Waals surface area contributed by atoms with Crippen molar-refractivity contribution in [3.63, 3.8) is 0 Å². The Labute approximate surface area is 157 Å². The van der Waals surface area contributed by atoms with E-state index in [2.05, 4.69) is 15.0 Å². The molecule has 1 amide bonds. The first-order valence-electron chi connectivity index (χ1n) is 8.95. The fourth-order valence-electron chi connectivity index (χ4n) is 3.38. The second kappa shape index (κ2) is 6.42. The monoisotopic (exact) mass is 385 g/mol. The van der Waals surface area contributed by atoms with Crippen molar-refractivity contribution in [2.75, 3.05) is 6.61 Å². The Morgan fingerprint density at radius 2 is 2.18 bits per heavy atom. The average molecular weight is 385 g/mol. The standard InChI is InChI=1S/C18H16FN5O4/c1-2-28-16(26)11-8-24(9-3-4-9)15-10(13(11)25)7-12(19)14(21-15)18(5-6-18)17(27)22-23-20/h7-9H,2-6H2,1H3. The Morgan fingerprint density at radius 1 is 1.46 bits per heavy atom. The van der Waals surface area contributed by atoms with Crippen molar-refractivity contribution in [1.29, 1.82) is 0 Å². The van der Waals surface area contributed by atoms with E-state index in [9.17, 15) is 18.8 Å². The number of fused-ring (bicyclic) bond motifs is 1. The number of amides is 1. The van der Waals surface area contributed by atoms with E-state index in [0.717, 1.165) is 18.9 Å². The lowest BCUT2D eigenvalue weighted by Crippen LogP contribution is -2.25. The van der Waals surface area contributed by atoms with Crippen LogP contribution >= 0.6 is 0 Å². The molecule has 2 saturated carbocycles. The van der Waals surface area contributed by atoms with Crippen molar-refractivity contribution in [2.24, 2.45) is 5.11 Å². The predicted octanol–water partition coefficient (Wildman–Crippen LogP) is 2.92. The molecular formula is C18H16FN5O4. The van der Waals surface area contributed by atoms with Gasteiger partial charge in [-0.3, -0.25) is 9.59 Å². The second-order valence-corrected chi connectivity index (χ2v) is 7.00. The van der Waals surface area contributed by atoms with Crippen LogP contribution in [0.3, 0.4) is 0 Å². The lowest BCUT2D eigenvalue weighted by molar-refractivity contribution is -0.120. The number of carbonyl (C=O) groups excluding carboxylic acids is 2. The number of hydrogen-bond donors (Lipinski definition) is 0. The number of hydrogen-bond acceptors (Lipinski definition) is 5. The molecule has 0 saturated heterocycles. The molecule has 2 fully saturated rings. The van der Waals surface area contributed by atoms with Gasteiger partial charge in [-0.1, -0.05) is 0 Å². The van der Waals surface area contributed by atoms with Gasteiger partial charge in [0.1, 0.15) is 17.0 Å². The van der Waals surface area contributed by atoms with Gasteiger partial charge in [0.2, 0.25) is 11.3 Å². The number of esters is 1. The minimum atomic E-state index is -1.28. The molecule has 10 heteroatoms. The van der Waals surface area contributed by atoms with Gasteiger partial charge < -0.3 is 9.30 Å². The predicted molar refractivity (Wildman–Crippen MR) is 95.3 cm³/mol. The lowest BCUT2D eigenvalue weighted by Gasteiger charge is -2.16. The highest BCUT2D eigenvalue weighted by Crippen LogP contribution is 2.50.